The van der Waals surface area contributed by atoms with Crippen molar-refractivity contribution in [2.24, 2.45) is 5.92 Å². The van der Waals surface area contributed by atoms with Gasteiger partial charge in [0, 0.05) is 25.2 Å². The molecule has 1 N–H and O–H groups in total. The van der Waals surface area contributed by atoms with E-state index in [0.29, 0.717) is 18.6 Å². The average molecular weight is 316 g/mol. The molecule has 2 aliphatic rings. The number of hydrogen-bond donors (Lipinski definition) is 1. The number of nitrogens with one attached hydrogen (secondary N) is 1. The molecule has 1 saturated carbocycles. The van der Waals surface area contributed by atoms with Crippen LogP contribution in [0, 0.1) is 5.92 Å². The van der Waals surface area contributed by atoms with Crippen molar-refractivity contribution in [3.8, 4) is 5.75 Å². The van der Waals surface area contributed by atoms with E-state index >= 15 is 0 Å². The van der Waals surface area contributed by atoms with Gasteiger partial charge in [0.15, 0.2) is 0 Å². The minimum Gasteiger partial charge on any atom is -0.490 e. The Kier molecular flexibility index (Phi) is 5.42. The van der Waals surface area contributed by atoms with Crippen molar-refractivity contribution in [2.75, 3.05) is 13.1 Å². The SMILES string of the molecule is CC1CCCN(C(=O)NCc2ccccc2OC2CCCC2)C1. The zero-order valence-electron chi connectivity index (χ0n) is 14.1. The Morgan fingerprint density at radius 1 is 1.22 bits per heavy atom. The summed E-state index contributed by atoms with van der Waals surface area (Å²) in [5.74, 6) is 1.53. The molecular weight excluding hydrogens is 288 g/mol. The molecule has 1 unspecified atom stereocenters. The largest absolute Gasteiger partial charge is 0.490 e. The highest BCUT2D eigenvalue weighted by molar-refractivity contribution is 5.74. The van der Waals surface area contributed by atoms with Gasteiger partial charge >= 0.3 is 6.03 Å². The summed E-state index contributed by atoms with van der Waals surface area (Å²) < 4.78 is 6.14. The lowest BCUT2D eigenvalue weighted by molar-refractivity contribution is 0.169. The van der Waals surface area contributed by atoms with Crippen LogP contribution in [-0.2, 0) is 6.54 Å². The van der Waals surface area contributed by atoms with Gasteiger partial charge < -0.3 is 15.0 Å². The number of amides is 2. The lowest BCUT2D eigenvalue weighted by Crippen LogP contribution is -2.44. The lowest BCUT2D eigenvalue weighted by Gasteiger charge is -2.31. The zero-order valence-corrected chi connectivity index (χ0v) is 14.1. The molecule has 1 atom stereocenters. The van der Waals surface area contributed by atoms with Gasteiger partial charge in [0.25, 0.3) is 0 Å². The fourth-order valence-corrected chi connectivity index (χ4v) is 3.61. The fraction of sp³-hybridized carbons (Fsp3) is 0.632. The molecule has 1 aliphatic heterocycles. The number of urea groups is 1. The van der Waals surface area contributed by atoms with E-state index in [1.807, 2.05) is 29.2 Å². The minimum absolute atomic E-state index is 0.0484. The van der Waals surface area contributed by atoms with E-state index in [0.717, 1.165) is 43.7 Å². The zero-order chi connectivity index (χ0) is 16.1. The van der Waals surface area contributed by atoms with Crippen LogP contribution in [0.25, 0.3) is 0 Å². The van der Waals surface area contributed by atoms with Crippen molar-refractivity contribution < 1.29 is 9.53 Å². The maximum Gasteiger partial charge on any atom is 0.317 e. The van der Waals surface area contributed by atoms with Crippen LogP contribution in [0.2, 0.25) is 0 Å². The molecule has 1 aromatic rings. The highest BCUT2D eigenvalue weighted by atomic mass is 16.5. The Morgan fingerprint density at radius 3 is 2.78 bits per heavy atom. The third kappa shape index (κ3) is 4.40. The summed E-state index contributed by atoms with van der Waals surface area (Å²) in [6, 6.07) is 8.12. The van der Waals surface area contributed by atoms with Crippen molar-refractivity contribution in [1.82, 2.24) is 10.2 Å². The Labute approximate surface area is 139 Å². The number of nitrogens with zero attached hydrogens (tertiary/aromatic N) is 1. The maximum absolute atomic E-state index is 12.3. The first-order valence-electron chi connectivity index (χ1n) is 8.99. The number of carbonyl (C=O) groups is 1. The van der Waals surface area contributed by atoms with E-state index in [9.17, 15) is 4.79 Å². The van der Waals surface area contributed by atoms with Gasteiger partial charge in [-0.2, -0.15) is 0 Å². The van der Waals surface area contributed by atoms with E-state index in [-0.39, 0.29) is 6.03 Å². The maximum atomic E-state index is 12.3. The molecule has 23 heavy (non-hydrogen) atoms. The highest BCUT2D eigenvalue weighted by Gasteiger charge is 2.21. The monoisotopic (exact) mass is 316 g/mol. The van der Waals surface area contributed by atoms with Crippen molar-refractivity contribution in [1.29, 1.82) is 0 Å². The Morgan fingerprint density at radius 2 is 2.00 bits per heavy atom. The van der Waals surface area contributed by atoms with Gasteiger partial charge in [-0.3, -0.25) is 0 Å². The second-order valence-corrected chi connectivity index (χ2v) is 6.98. The Balaban J connectivity index is 1.56. The molecule has 0 radical (unpaired) electrons. The lowest BCUT2D eigenvalue weighted by atomic mass is 10.0. The molecule has 1 saturated heterocycles. The number of hydrogen-bond acceptors (Lipinski definition) is 2. The van der Waals surface area contributed by atoms with Gasteiger partial charge in [-0.05, 0) is 50.5 Å². The molecule has 1 aliphatic carbocycles. The van der Waals surface area contributed by atoms with Crippen LogP contribution in [0.1, 0.15) is 51.0 Å². The molecule has 0 spiro atoms. The van der Waals surface area contributed by atoms with Crippen LogP contribution in [0.3, 0.4) is 0 Å². The molecule has 2 fully saturated rings. The summed E-state index contributed by atoms with van der Waals surface area (Å²) >= 11 is 0. The van der Waals surface area contributed by atoms with Gasteiger partial charge in [0.2, 0.25) is 0 Å². The van der Waals surface area contributed by atoms with Crippen LogP contribution in [0.5, 0.6) is 5.75 Å². The van der Waals surface area contributed by atoms with Crippen LogP contribution in [0.4, 0.5) is 4.79 Å². The average Bonchev–Trinajstić information content (AvgIpc) is 3.07. The first kappa shape index (κ1) is 16.2. The van der Waals surface area contributed by atoms with Crippen LogP contribution in [-0.4, -0.2) is 30.1 Å². The summed E-state index contributed by atoms with van der Waals surface area (Å²) in [5, 5.41) is 3.06. The molecule has 0 bridgehead atoms. The van der Waals surface area contributed by atoms with Crippen molar-refractivity contribution in [2.45, 2.75) is 58.1 Å². The van der Waals surface area contributed by atoms with E-state index in [1.54, 1.807) is 0 Å². The van der Waals surface area contributed by atoms with Gasteiger partial charge in [-0.15, -0.1) is 0 Å². The molecule has 4 heteroatoms. The quantitative estimate of drug-likeness (QED) is 0.914. The molecule has 3 rings (SSSR count). The number of rotatable bonds is 4. The number of likely N-dealkylation sites (tertiary alicyclic amines) is 1. The van der Waals surface area contributed by atoms with E-state index < -0.39 is 0 Å². The third-order valence-corrected chi connectivity index (χ3v) is 4.94. The van der Waals surface area contributed by atoms with Crippen LogP contribution < -0.4 is 10.1 Å². The normalized spacial score (nSPS) is 22.1. The van der Waals surface area contributed by atoms with Gasteiger partial charge in [-0.1, -0.05) is 25.1 Å². The van der Waals surface area contributed by atoms with E-state index in [4.69, 9.17) is 4.74 Å². The van der Waals surface area contributed by atoms with Crippen molar-refractivity contribution in [3.05, 3.63) is 29.8 Å². The van der Waals surface area contributed by atoms with E-state index in [2.05, 4.69) is 12.2 Å². The molecule has 1 aromatic carbocycles. The summed E-state index contributed by atoms with van der Waals surface area (Å²) in [7, 11) is 0. The fourth-order valence-electron chi connectivity index (χ4n) is 3.61. The number of piperidine rings is 1. The second-order valence-electron chi connectivity index (χ2n) is 6.98. The molecular formula is C19H28N2O2. The number of benzene rings is 1. The van der Waals surface area contributed by atoms with Crippen LogP contribution >= 0.6 is 0 Å². The first-order chi connectivity index (χ1) is 11.2. The first-order valence-corrected chi connectivity index (χ1v) is 8.99. The summed E-state index contributed by atoms with van der Waals surface area (Å²) in [6.45, 7) is 4.49. The molecule has 1 heterocycles. The minimum atomic E-state index is 0.0484. The topological polar surface area (TPSA) is 41.6 Å². The Hall–Kier alpha value is -1.71. The summed E-state index contributed by atoms with van der Waals surface area (Å²) in [4.78, 5) is 14.3. The summed E-state index contributed by atoms with van der Waals surface area (Å²) in [6.07, 6.45) is 7.49. The summed E-state index contributed by atoms with van der Waals surface area (Å²) in [5.41, 5.74) is 1.07. The molecule has 126 valence electrons. The molecule has 0 aromatic heterocycles. The Bertz CT molecular complexity index is 526. The van der Waals surface area contributed by atoms with Gasteiger partial charge in [-0.25, -0.2) is 4.79 Å². The van der Waals surface area contributed by atoms with Gasteiger partial charge in [0.1, 0.15) is 5.75 Å². The molecule has 2 amide bonds. The predicted octanol–water partition coefficient (Wildman–Crippen LogP) is 3.95. The van der Waals surface area contributed by atoms with Gasteiger partial charge in [0.05, 0.1) is 6.10 Å². The molecule has 4 nitrogen and oxygen atoms in total. The predicted molar refractivity (Wildman–Crippen MR) is 91.5 cm³/mol. The second kappa shape index (κ2) is 7.71. The third-order valence-electron chi connectivity index (χ3n) is 4.94. The standard InChI is InChI=1S/C19H28N2O2/c1-15-7-6-12-21(14-15)19(22)20-13-16-8-2-5-11-18(16)23-17-9-3-4-10-17/h2,5,8,11,15,17H,3-4,6-7,9-10,12-14H2,1H3,(H,20,22). The highest BCUT2D eigenvalue weighted by Crippen LogP contribution is 2.26. The van der Waals surface area contributed by atoms with Crippen molar-refractivity contribution >= 4 is 6.03 Å². The smallest absolute Gasteiger partial charge is 0.317 e. The number of para-hydroxylation sites is 1. The number of ether oxygens (including phenoxy) is 1. The van der Waals surface area contributed by atoms with E-state index in [1.165, 1.54) is 19.3 Å². The van der Waals surface area contributed by atoms with Crippen molar-refractivity contribution in [3.63, 3.8) is 0 Å². The van der Waals surface area contributed by atoms with Crippen LogP contribution in [0.15, 0.2) is 24.3 Å². The number of carbonyl (C=O) groups excluding carboxylic acids is 1.